The van der Waals surface area contributed by atoms with Crippen molar-refractivity contribution in [3.63, 3.8) is 0 Å². The molecule has 7 heteroatoms. The van der Waals surface area contributed by atoms with E-state index in [9.17, 15) is 10.5 Å². The summed E-state index contributed by atoms with van der Waals surface area (Å²) in [6.07, 6.45) is 0. The van der Waals surface area contributed by atoms with Crippen LogP contribution < -0.4 is 0 Å². The van der Waals surface area contributed by atoms with Crippen LogP contribution in [0.4, 0.5) is 0 Å². The van der Waals surface area contributed by atoms with E-state index < -0.39 is 0 Å². The molecule has 4 heterocycles. The Bertz CT molecular complexity index is 4280. The predicted octanol–water partition coefficient (Wildman–Crippen LogP) is 16.2. The summed E-state index contributed by atoms with van der Waals surface area (Å²) in [6.45, 7) is 0. The normalized spacial score (nSPS) is 11.5. The van der Waals surface area contributed by atoms with Gasteiger partial charge in [-0.25, -0.2) is 9.97 Å². The number of aromatic nitrogens is 5. The van der Waals surface area contributed by atoms with Crippen LogP contribution in [0.15, 0.2) is 237 Å². The summed E-state index contributed by atoms with van der Waals surface area (Å²) >= 11 is 0. The van der Waals surface area contributed by atoms with Gasteiger partial charge in [0.2, 0.25) is 0 Å². The van der Waals surface area contributed by atoms with E-state index in [2.05, 4.69) is 208 Å². The molecule has 14 aromatic rings. The number of hydrogen-bond donors (Lipinski definition) is 0. The molecule has 338 valence electrons. The lowest BCUT2D eigenvalue weighted by atomic mass is 10.0. The largest absolute Gasteiger partial charge is 0.309 e. The van der Waals surface area contributed by atoms with E-state index in [0.29, 0.717) is 22.6 Å². The molecular formula is C66H39N7. The molecule has 4 aromatic heterocycles. The SMILES string of the molecule is N#Cc1cccc(-c2cc(-c3ccc(-c4ccc(-n5c6ccc(-n7c8ccccc8c8ccccc87)cc6c6cc(-n7c8ccccc8c8ccccc87)ccc65)cc4)cc3)nc(-c3cccc(C#N)c3)n2)c1. The van der Waals surface area contributed by atoms with Crippen LogP contribution >= 0.6 is 0 Å². The van der Waals surface area contributed by atoms with Crippen molar-refractivity contribution in [1.29, 1.82) is 10.5 Å². The average Bonchev–Trinajstić information content (AvgIpc) is 4.10. The van der Waals surface area contributed by atoms with Crippen molar-refractivity contribution >= 4 is 65.4 Å². The first-order chi connectivity index (χ1) is 36.1. The summed E-state index contributed by atoms with van der Waals surface area (Å²) in [4.78, 5) is 9.94. The van der Waals surface area contributed by atoms with Crippen LogP contribution in [0.5, 0.6) is 0 Å². The monoisotopic (exact) mass is 929 g/mol. The van der Waals surface area contributed by atoms with Gasteiger partial charge in [-0.3, -0.25) is 0 Å². The van der Waals surface area contributed by atoms with Crippen LogP contribution in [0.2, 0.25) is 0 Å². The standard InChI is InChI=1S/C66H39N7/c67-40-42-11-9-13-47(35-42)59-39-58(69-66(70-59)48-14-10-12-43(36-48)41-68)46-25-23-44(24-26-46)45-27-29-49(30-28-45)71-64-33-31-50(72-60-19-5-1-15-52(60)53-16-2-6-20-61(53)72)37-56(64)57-38-51(32-34-65(57)71)73-62-21-7-3-17-54(62)55-18-4-8-22-63(55)73/h1-39H. The lowest BCUT2D eigenvalue weighted by molar-refractivity contribution is 1.16. The molecule has 10 aromatic carbocycles. The fourth-order valence-corrected chi connectivity index (χ4v) is 10.9. The molecule has 73 heavy (non-hydrogen) atoms. The van der Waals surface area contributed by atoms with Crippen molar-refractivity contribution in [2.75, 3.05) is 0 Å². The minimum Gasteiger partial charge on any atom is -0.309 e. The number of nitrogens with zero attached hydrogens (tertiary/aromatic N) is 7. The molecule has 0 unspecified atom stereocenters. The summed E-state index contributed by atoms with van der Waals surface area (Å²) in [6, 6.07) is 87.0. The molecule has 0 amide bonds. The molecule has 7 nitrogen and oxygen atoms in total. The van der Waals surface area contributed by atoms with Gasteiger partial charge in [-0.15, -0.1) is 0 Å². The summed E-state index contributed by atoms with van der Waals surface area (Å²) in [5.41, 5.74) is 17.4. The first-order valence-electron chi connectivity index (χ1n) is 24.3. The minimum absolute atomic E-state index is 0.502. The van der Waals surface area contributed by atoms with E-state index in [0.717, 1.165) is 61.6 Å². The maximum atomic E-state index is 9.67. The summed E-state index contributed by atoms with van der Waals surface area (Å²) < 4.78 is 7.19. The van der Waals surface area contributed by atoms with Crippen molar-refractivity contribution < 1.29 is 0 Å². The fraction of sp³-hybridized carbons (Fsp3) is 0. The number of para-hydroxylation sites is 4. The van der Waals surface area contributed by atoms with Crippen LogP contribution in [0, 0.1) is 22.7 Å². The lowest BCUT2D eigenvalue weighted by Gasteiger charge is -2.12. The van der Waals surface area contributed by atoms with E-state index in [-0.39, 0.29) is 0 Å². The van der Waals surface area contributed by atoms with Crippen molar-refractivity contribution in [1.82, 2.24) is 23.7 Å². The molecule has 0 saturated heterocycles. The van der Waals surface area contributed by atoms with Crippen molar-refractivity contribution in [3.8, 4) is 74.2 Å². The van der Waals surface area contributed by atoms with Gasteiger partial charge in [-0.05, 0) is 114 Å². The second-order valence-corrected chi connectivity index (χ2v) is 18.4. The average molecular weight is 930 g/mol. The highest BCUT2D eigenvalue weighted by Gasteiger charge is 2.20. The van der Waals surface area contributed by atoms with Crippen molar-refractivity contribution in [2.45, 2.75) is 0 Å². The highest BCUT2D eigenvalue weighted by Crippen LogP contribution is 2.40. The quantitative estimate of drug-likeness (QED) is 0.159. The van der Waals surface area contributed by atoms with Gasteiger partial charge in [0.05, 0.1) is 67.8 Å². The van der Waals surface area contributed by atoms with Gasteiger partial charge in [-0.1, -0.05) is 133 Å². The number of rotatable bonds is 7. The van der Waals surface area contributed by atoms with Gasteiger partial charge in [-0.2, -0.15) is 10.5 Å². The van der Waals surface area contributed by atoms with E-state index in [1.165, 1.54) is 54.4 Å². The molecule has 0 radical (unpaired) electrons. The zero-order valence-electron chi connectivity index (χ0n) is 39.1. The Morgan fingerprint density at radius 2 is 0.644 bits per heavy atom. The van der Waals surface area contributed by atoms with Crippen LogP contribution in [0.3, 0.4) is 0 Å². The maximum Gasteiger partial charge on any atom is 0.160 e. The van der Waals surface area contributed by atoms with Gasteiger partial charge in [0.15, 0.2) is 5.82 Å². The topological polar surface area (TPSA) is 88.1 Å². The van der Waals surface area contributed by atoms with Gasteiger partial charge in [0.25, 0.3) is 0 Å². The molecule has 0 spiro atoms. The Labute approximate surface area is 419 Å². The van der Waals surface area contributed by atoms with E-state index in [4.69, 9.17) is 9.97 Å². The first kappa shape index (κ1) is 41.6. The third kappa shape index (κ3) is 6.80. The third-order valence-electron chi connectivity index (χ3n) is 14.3. The molecular weight excluding hydrogens is 891 g/mol. The van der Waals surface area contributed by atoms with Crippen LogP contribution in [-0.4, -0.2) is 23.7 Å². The molecule has 0 saturated carbocycles. The molecule has 0 atom stereocenters. The molecule has 14 rings (SSSR count). The number of benzene rings is 10. The highest BCUT2D eigenvalue weighted by molar-refractivity contribution is 6.14. The van der Waals surface area contributed by atoms with Crippen molar-refractivity contribution in [3.05, 3.63) is 248 Å². The molecule has 0 aliphatic heterocycles. The van der Waals surface area contributed by atoms with Gasteiger partial charge >= 0.3 is 0 Å². The first-order valence-corrected chi connectivity index (χ1v) is 24.3. The van der Waals surface area contributed by atoms with Crippen LogP contribution in [-0.2, 0) is 0 Å². The number of nitriles is 2. The predicted molar refractivity (Wildman–Crippen MR) is 296 cm³/mol. The smallest absolute Gasteiger partial charge is 0.160 e. The fourth-order valence-electron chi connectivity index (χ4n) is 10.9. The van der Waals surface area contributed by atoms with E-state index in [1.54, 1.807) is 18.2 Å². The minimum atomic E-state index is 0.502. The maximum absolute atomic E-state index is 9.67. The lowest BCUT2D eigenvalue weighted by Crippen LogP contribution is -1.97. The zero-order valence-corrected chi connectivity index (χ0v) is 39.1. The second kappa shape index (κ2) is 16.7. The summed E-state index contributed by atoms with van der Waals surface area (Å²) in [5.74, 6) is 0.502. The molecule has 0 aliphatic carbocycles. The van der Waals surface area contributed by atoms with Crippen LogP contribution in [0.25, 0.3) is 128 Å². The summed E-state index contributed by atoms with van der Waals surface area (Å²) in [5, 5.41) is 26.6. The van der Waals surface area contributed by atoms with Gasteiger partial charge in [0.1, 0.15) is 0 Å². The van der Waals surface area contributed by atoms with Crippen molar-refractivity contribution in [2.24, 2.45) is 0 Å². The molecule has 0 aliphatic rings. The Kier molecular flexibility index (Phi) is 9.50. The van der Waals surface area contributed by atoms with Gasteiger partial charge < -0.3 is 13.7 Å². The van der Waals surface area contributed by atoms with Crippen LogP contribution in [0.1, 0.15) is 11.1 Å². The third-order valence-corrected chi connectivity index (χ3v) is 14.3. The van der Waals surface area contributed by atoms with Gasteiger partial charge in [0, 0.05) is 66.1 Å². The molecule has 0 fully saturated rings. The number of hydrogen-bond acceptors (Lipinski definition) is 4. The Balaban J connectivity index is 0.881. The van der Waals surface area contributed by atoms with E-state index in [1.807, 2.05) is 36.4 Å². The highest BCUT2D eigenvalue weighted by atomic mass is 15.0. The molecule has 0 N–H and O–H groups in total. The Morgan fingerprint density at radius 1 is 0.274 bits per heavy atom. The molecule has 0 bridgehead atoms. The second-order valence-electron chi connectivity index (χ2n) is 18.4. The Hall–Kier alpha value is -10.3. The zero-order chi connectivity index (χ0) is 48.6. The summed E-state index contributed by atoms with van der Waals surface area (Å²) in [7, 11) is 0. The Morgan fingerprint density at radius 3 is 1.12 bits per heavy atom. The van der Waals surface area contributed by atoms with E-state index >= 15 is 0 Å². The number of fused-ring (bicyclic) bond motifs is 9.